The van der Waals surface area contributed by atoms with E-state index in [0.29, 0.717) is 18.6 Å². The van der Waals surface area contributed by atoms with Crippen LogP contribution in [0.15, 0.2) is 12.1 Å². The number of ether oxygens (including phenoxy) is 1. The van der Waals surface area contributed by atoms with Crippen molar-refractivity contribution in [3.63, 3.8) is 0 Å². The molecule has 1 aliphatic heterocycles. The third kappa shape index (κ3) is 3.02. The van der Waals surface area contributed by atoms with Gasteiger partial charge >= 0.3 is 0 Å². The van der Waals surface area contributed by atoms with E-state index in [1.807, 2.05) is 0 Å². The van der Waals surface area contributed by atoms with Crippen LogP contribution in [0.1, 0.15) is 18.9 Å². The maximum absolute atomic E-state index is 13.1. The molecule has 1 fully saturated rings. The second kappa shape index (κ2) is 5.40. The van der Waals surface area contributed by atoms with Crippen LogP contribution in [-0.4, -0.2) is 35.1 Å². The fourth-order valence-corrected chi connectivity index (χ4v) is 2.15. The number of hydrogen-bond acceptors (Lipinski definition) is 4. The van der Waals surface area contributed by atoms with Crippen LogP contribution in [0.25, 0.3) is 0 Å². The Hall–Kier alpha value is -1.24. The number of phenolic OH excluding ortho intramolecular Hbond substituents is 1. The van der Waals surface area contributed by atoms with E-state index in [-0.39, 0.29) is 19.2 Å². The molecular weight excluding hydrogens is 256 g/mol. The van der Waals surface area contributed by atoms with E-state index in [0.717, 1.165) is 12.1 Å². The molecule has 2 unspecified atom stereocenters. The lowest BCUT2D eigenvalue weighted by Gasteiger charge is -2.26. The van der Waals surface area contributed by atoms with Crippen LogP contribution in [0.4, 0.5) is 8.78 Å². The Kier molecular flexibility index (Phi) is 4.03. The Morgan fingerprint density at radius 3 is 2.58 bits per heavy atom. The monoisotopic (exact) mass is 273 g/mol. The third-order valence-electron chi connectivity index (χ3n) is 3.50. The zero-order valence-electron chi connectivity index (χ0n) is 10.6. The van der Waals surface area contributed by atoms with E-state index in [2.05, 4.69) is 5.32 Å². The largest absolute Gasteiger partial charge is 0.503 e. The molecule has 3 N–H and O–H groups in total. The van der Waals surface area contributed by atoms with Gasteiger partial charge in [0.15, 0.2) is 17.4 Å². The molecule has 0 aromatic heterocycles. The highest BCUT2D eigenvalue weighted by Crippen LogP contribution is 2.25. The first-order valence-corrected chi connectivity index (χ1v) is 6.14. The van der Waals surface area contributed by atoms with E-state index >= 15 is 0 Å². The maximum atomic E-state index is 13.1. The Morgan fingerprint density at radius 2 is 2.05 bits per heavy atom. The summed E-state index contributed by atoms with van der Waals surface area (Å²) < 4.78 is 31.5. The molecule has 0 radical (unpaired) electrons. The number of rotatable bonds is 4. The first kappa shape index (κ1) is 14.2. The predicted octanol–water partition coefficient (Wildman–Crippen LogP) is 1.30. The molecule has 0 bridgehead atoms. The lowest BCUT2D eigenvalue weighted by atomic mass is 9.96. The van der Waals surface area contributed by atoms with Crippen LogP contribution in [0.5, 0.6) is 5.75 Å². The second-order valence-electron chi connectivity index (χ2n) is 4.88. The van der Waals surface area contributed by atoms with E-state index < -0.39 is 23.0 Å². The summed E-state index contributed by atoms with van der Waals surface area (Å²) >= 11 is 0. The van der Waals surface area contributed by atoms with Crippen LogP contribution >= 0.6 is 0 Å². The Balaban J connectivity index is 1.93. The number of aromatic hydroxyl groups is 1. The van der Waals surface area contributed by atoms with Crippen molar-refractivity contribution in [1.29, 1.82) is 0 Å². The van der Waals surface area contributed by atoms with Gasteiger partial charge in [-0.15, -0.1) is 0 Å². The Bertz CT molecular complexity index is 446. The lowest BCUT2D eigenvalue weighted by molar-refractivity contribution is -0.0263. The molecule has 1 aromatic rings. The molecule has 1 heterocycles. The molecule has 1 aliphatic rings. The van der Waals surface area contributed by atoms with Gasteiger partial charge in [-0.1, -0.05) is 0 Å². The first-order chi connectivity index (χ1) is 8.92. The number of nitrogens with one attached hydrogen (secondary N) is 1. The quantitative estimate of drug-likeness (QED) is 0.774. The fourth-order valence-electron chi connectivity index (χ4n) is 2.15. The highest BCUT2D eigenvalue weighted by atomic mass is 19.1. The van der Waals surface area contributed by atoms with Crippen molar-refractivity contribution in [2.75, 3.05) is 13.2 Å². The van der Waals surface area contributed by atoms with E-state index in [1.54, 1.807) is 6.92 Å². The van der Waals surface area contributed by atoms with E-state index in [4.69, 9.17) is 9.84 Å². The average Bonchev–Trinajstić information content (AvgIpc) is 2.67. The number of phenols is 1. The van der Waals surface area contributed by atoms with Gasteiger partial charge in [-0.25, -0.2) is 8.78 Å². The summed E-state index contributed by atoms with van der Waals surface area (Å²) in [6, 6.07) is 2.12. The molecule has 0 aliphatic carbocycles. The normalized spacial score (nSPS) is 26.8. The van der Waals surface area contributed by atoms with Crippen LogP contribution in [0.2, 0.25) is 0 Å². The standard InChI is InChI=1S/C13H17F2NO3/c1-8-13(18,2-3-19-8)7-16-6-9-4-10(14)12(17)11(15)5-9/h4-5,8,16-18H,2-3,6-7H2,1H3. The van der Waals surface area contributed by atoms with Crippen molar-refractivity contribution in [2.24, 2.45) is 0 Å². The summed E-state index contributed by atoms with van der Waals surface area (Å²) in [6.07, 6.45) is 0.257. The molecule has 2 atom stereocenters. The zero-order chi connectivity index (χ0) is 14.0. The molecule has 6 heteroatoms. The van der Waals surface area contributed by atoms with Gasteiger partial charge in [-0.05, 0) is 24.6 Å². The lowest BCUT2D eigenvalue weighted by Crippen LogP contribution is -2.45. The van der Waals surface area contributed by atoms with Gasteiger partial charge in [-0.3, -0.25) is 0 Å². The molecular formula is C13H17F2NO3. The van der Waals surface area contributed by atoms with Crippen LogP contribution < -0.4 is 5.32 Å². The fraction of sp³-hybridized carbons (Fsp3) is 0.538. The maximum Gasteiger partial charge on any atom is 0.187 e. The minimum absolute atomic E-state index is 0.198. The van der Waals surface area contributed by atoms with E-state index in [1.165, 1.54) is 0 Å². The van der Waals surface area contributed by atoms with Crippen molar-refractivity contribution < 1.29 is 23.7 Å². The molecule has 2 rings (SSSR count). The van der Waals surface area contributed by atoms with Gasteiger partial charge in [0.05, 0.1) is 6.10 Å². The molecule has 19 heavy (non-hydrogen) atoms. The molecule has 0 amide bonds. The number of aliphatic hydroxyl groups is 1. The SMILES string of the molecule is CC1OCCC1(O)CNCc1cc(F)c(O)c(F)c1. The summed E-state index contributed by atoms with van der Waals surface area (Å²) in [5.41, 5.74) is -0.587. The van der Waals surface area contributed by atoms with E-state index in [9.17, 15) is 13.9 Å². The van der Waals surface area contributed by atoms with Gasteiger partial charge < -0.3 is 20.3 Å². The highest BCUT2D eigenvalue weighted by Gasteiger charge is 2.38. The van der Waals surface area contributed by atoms with Gasteiger partial charge in [0.25, 0.3) is 0 Å². The minimum atomic E-state index is -0.993. The topological polar surface area (TPSA) is 61.7 Å². The number of hydrogen-bond donors (Lipinski definition) is 3. The zero-order valence-corrected chi connectivity index (χ0v) is 10.6. The van der Waals surface area contributed by atoms with Crippen molar-refractivity contribution >= 4 is 0 Å². The second-order valence-corrected chi connectivity index (χ2v) is 4.88. The summed E-state index contributed by atoms with van der Waals surface area (Å²) in [5.74, 6) is -2.96. The van der Waals surface area contributed by atoms with Crippen LogP contribution in [-0.2, 0) is 11.3 Å². The van der Waals surface area contributed by atoms with Crippen molar-refractivity contribution in [1.82, 2.24) is 5.32 Å². The smallest absolute Gasteiger partial charge is 0.187 e. The van der Waals surface area contributed by atoms with Crippen LogP contribution in [0.3, 0.4) is 0 Å². The Morgan fingerprint density at radius 1 is 1.42 bits per heavy atom. The summed E-state index contributed by atoms with van der Waals surface area (Å²) in [5, 5.41) is 22.1. The molecule has 4 nitrogen and oxygen atoms in total. The van der Waals surface area contributed by atoms with Gasteiger partial charge in [-0.2, -0.15) is 0 Å². The predicted molar refractivity (Wildman–Crippen MR) is 64.7 cm³/mol. The number of benzene rings is 1. The highest BCUT2D eigenvalue weighted by molar-refractivity contribution is 5.29. The summed E-state index contributed by atoms with van der Waals surface area (Å²) in [4.78, 5) is 0. The first-order valence-electron chi connectivity index (χ1n) is 6.14. The number of halogens is 2. The molecule has 1 saturated heterocycles. The van der Waals surface area contributed by atoms with Crippen molar-refractivity contribution in [2.45, 2.75) is 31.6 Å². The molecule has 1 aromatic carbocycles. The summed E-state index contributed by atoms with van der Waals surface area (Å²) in [7, 11) is 0. The summed E-state index contributed by atoms with van der Waals surface area (Å²) in [6.45, 7) is 2.76. The molecule has 0 spiro atoms. The van der Waals surface area contributed by atoms with Crippen molar-refractivity contribution in [3.8, 4) is 5.75 Å². The average molecular weight is 273 g/mol. The third-order valence-corrected chi connectivity index (χ3v) is 3.50. The van der Waals surface area contributed by atoms with Gasteiger partial charge in [0.1, 0.15) is 5.60 Å². The van der Waals surface area contributed by atoms with Crippen LogP contribution in [0, 0.1) is 11.6 Å². The van der Waals surface area contributed by atoms with Gasteiger partial charge in [0.2, 0.25) is 0 Å². The minimum Gasteiger partial charge on any atom is -0.503 e. The van der Waals surface area contributed by atoms with Crippen molar-refractivity contribution in [3.05, 3.63) is 29.3 Å². The molecule has 0 saturated carbocycles. The molecule has 106 valence electrons. The van der Waals surface area contributed by atoms with Gasteiger partial charge in [0, 0.05) is 26.1 Å². The Labute approximate surface area is 110 Å².